The van der Waals surface area contributed by atoms with Gasteiger partial charge in [0.05, 0.1) is 18.9 Å². The molecule has 0 spiro atoms. The summed E-state index contributed by atoms with van der Waals surface area (Å²) in [6.45, 7) is 9.11. The van der Waals surface area contributed by atoms with E-state index >= 15 is 0 Å². The number of amides is 1. The van der Waals surface area contributed by atoms with Crippen LogP contribution in [0.4, 0.5) is 5.69 Å². The van der Waals surface area contributed by atoms with E-state index in [9.17, 15) is 4.79 Å². The molecule has 112 valence electrons. The number of carbonyl (C=O) groups excluding carboxylic acids is 1. The van der Waals surface area contributed by atoms with Crippen molar-refractivity contribution in [2.24, 2.45) is 0 Å². The van der Waals surface area contributed by atoms with E-state index in [-0.39, 0.29) is 5.91 Å². The molecule has 0 saturated heterocycles. The molecule has 0 saturated carbocycles. The average molecular weight is 304 g/mol. The number of benzene rings is 1. The number of thiophene rings is 1. The number of nitrogen functional groups attached to an aromatic ring is 1. The van der Waals surface area contributed by atoms with Gasteiger partial charge >= 0.3 is 0 Å². The number of hydrogen-bond acceptors (Lipinski definition) is 4. The lowest BCUT2D eigenvalue weighted by Crippen LogP contribution is -2.27. The molecule has 0 aliphatic carbocycles. The first-order valence-corrected chi connectivity index (χ1v) is 7.60. The van der Waals surface area contributed by atoms with Crippen molar-refractivity contribution in [3.8, 4) is 0 Å². The van der Waals surface area contributed by atoms with Crippen LogP contribution >= 0.6 is 11.3 Å². The molecule has 1 amide bonds. The van der Waals surface area contributed by atoms with E-state index in [0.29, 0.717) is 30.3 Å². The van der Waals surface area contributed by atoms with Crippen LogP contribution in [0.15, 0.2) is 30.4 Å². The Hall–Kier alpha value is -1.85. The quantitative estimate of drug-likeness (QED) is 0.636. The zero-order valence-electron chi connectivity index (χ0n) is 12.4. The number of carbonyl (C=O) groups is 1. The second-order valence-electron chi connectivity index (χ2n) is 5.06. The third kappa shape index (κ3) is 3.62. The maximum Gasteiger partial charge on any atom is 0.263 e. The Bertz CT molecular complexity index is 676. The van der Waals surface area contributed by atoms with Gasteiger partial charge in [0.15, 0.2) is 0 Å². The van der Waals surface area contributed by atoms with Gasteiger partial charge in [0.25, 0.3) is 5.91 Å². The fraction of sp³-hybridized carbons (Fsp3) is 0.312. The largest absolute Gasteiger partial charge is 0.397 e. The number of ether oxygens (including phenoxy) is 1. The first-order chi connectivity index (χ1) is 10.0. The molecule has 2 aromatic rings. The average Bonchev–Trinajstić information content (AvgIpc) is 2.77. The lowest BCUT2D eigenvalue weighted by Gasteiger charge is -2.05. The van der Waals surface area contributed by atoms with Crippen molar-refractivity contribution < 1.29 is 9.53 Å². The summed E-state index contributed by atoms with van der Waals surface area (Å²) in [5.74, 6) is -0.146. The van der Waals surface area contributed by atoms with Crippen molar-refractivity contribution in [2.75, 3.05) is 25.5 Å². The predicted molar refractivity (Wildman–Crippen MR) is 88.9 cm³/mol. The lowest BCUT2D eigenvalue weighted by molar-refractivity contribution is 0.0931. The minimum atomic E-state index is -0.146. The summed E-state index contributed by atoms with van der Waals surface area (Å²) in [7, 11) is 0. The molecule has 1 heterocycles. The first kappa shape index (κ1) is 15.5. The van der Waals surface area contributed by atoms with Crippen LogP contribution in [-0.4, -0.2) is 25.7 Å². The molecule has 0 atom stereocenters. The van der Waals surface area contributed by atoms with Crippen molar-refractivity contribution in [3.63, 3.8) is 0 Å². The molecule has 0 unspecified atom stereocenters. The summed E-state index contributed by atoms with van der Waals surface area (Å²) in [6.07, 6.45) is 0. The lowest BCUT2D eigenvalue weighted by atomic mass is 10.1. The molecule has 0 aliphatic heterocycles. The van der Waals surface area contributed by atoms with Gasteiger partial charge in [-0.05, 0) is 19.4 Å². The Morgan fingerprint density at radius 2 is 2.24 bits per heavy atom. The summed E-state index contributed by atoms with van der Waals surface area (Å²) in [4.78, 5) is 12.8. The number of aryl methyl sites for hydroxylation is 1. The molecule has 0 radical (unpaired) electrons. The highest BCUT2D eigenvalue weighted by molar-refractivity contribution is 7.21. The van der Waals surface area contributed by atoms with Gasteiger partial charge in [0.1, 0.15) is 4.88 Å². The molecule has 21 heavy (non-hydrogen) atoms. The predicted octanol–water partition coefficient (Wildman–Crippen LogP) is 3.11. The molecule has 0 aliphatic rings. The Balaban J connectivity index is 2.01. The molecule has 5 heteroatoms. The molecule has 3 N–H and O–H groups in total. The zero-order chi connectivity index (χ0) is 15.4. The summed E-state index contributed by atoms with van der Waals surface area (Å²) in [5, 5.41) is 3.78. The van der Waals surface area contributed by atoms with Gasteiger partial charge < -0.3 is 15.8 Å². The van der Waals surface area contributed by atoms with E-state index in [4.69, 9.17) is 10.5 Å². The number of fused-ring (bicyclic) bond motifs is 1. The van der Waals surface area contributed by atoms with Gasteiger partial charge in [-0.2, -0.15) is 0 Å². The van der Waals surface area contributed by atoms with E-state index in [1.54, 1.807) is 0 Å². The topological polar surface area (TPSA) is 64.3 Å². The van der Waals surface area contributed by atoms with Gasteiger partial charge in [0, 0.05) is 16.6 Å². The normalized spacial score (nSPS) is 10.8. The minimum absolute atomic E-state index is 0.146. The first-order valence-electron chi connectivity index (χ1n) is 6.78. The van der Waals surface area contributed by atoms with Crippen LogP contribution in [0.1, 0.15) is 22.2 Å². The van der Waals surface area contributed by atoms with E-state index in [1.165, 1.54) is 11.3 Å². The summed E-state index contributed by atoms with van der Waals surface area (Å²) in [6, 6.07) is 5.92. The summed E-state index contributed by atoms with van der Waals surface area (Å²) >= 11 is 1.44. The van der Waals surface area contributed by atoms with Crippen molar-refractivity contribution in [1.29, 1.82) is 0 Å². The van der Waals surface area contributed by atoms with Gasteiger partial charge in [-0.15, -0.1) is 11.3 Å². The van der Waals surface area contributed by atoms with Crippen LogP contribution in [-0.2, 0) is 4.74 Å². The Labute approximate surface area is 128 Å². The third-order valence-electron chi connectivity index (χ3n) is 3.04. The van der Waals surface area contributed by atoms with Crippen LogP contribution in [0.3, 0.4) is 0 Å². The maximum absolute atomic E-state index is 12.2. The SMILES string of the molecule is C=C(C)COCCNC(=O)c1sc2c(C)cccc2c1N. The highest BCUT2D eigenvalue weighted by Gasteiger charge is 2.16. The standard InChI is InChI=1S/C16H20N2O2S/c1-10(2)9-20-8-7-18-16(19)15-13(17)12-6-4-5-11(3)14(12)21-15/h4-6H,1,7-9,17H2,2-3H3,(H,18,19). The summed E-state index contributed by atoms with van der Waals surface area (Å²) in [5.41, 5.74) is 8.74. The number of hydrogen-bond donors (Lipinski definition) is 2. The molecule has 1 aromatic carbocycles. The smallest absolute Gasteiger partial charge is 0.263 e. The van der Waals surface area contributed by atoms with Crippen LogP contribution in [0.5, 0.6) is 0 Å². The van der Waals surface area contributed by atoms with E-state index < -0.39 is 0 Å². The van der Waals surface area contributed by atoms with Gasteiger partial charge in [0.2, 0.25) is 0 Å². The van der Waals surface area contributed by atoms with E-state index in [2.05, 4.69) is 11.9 Å². The Morgan fingerprint density at radius 3 is 2.90 bits per heavy atom. The maximum atomic E-state index is 12.2. The minimum Gasteiger partial charge on any atom is -0.397 e. The summed E-state index contributed by atoms with van der Waals surface area (Å²) < 4.78 is 6.42. The van der Waals surface area contributed by atoms with Crippen LogP contribution in [0.2, 0.25) is 0 Å². The molecular formula is C16H20N2O2S. The Morgan fingerprint density at radius 1 is 1.48 bits per heavy atom. The highest BCUT2D eigenvalue weighted by atomic mass is 32.1. The third-order valence-corrected chi connectivity index (χ3v) is 4.39. The number of nitrogens with two attached hydrogens (primary N) is 1. The fourth-order valence-electron chi connectivity index (χ4n) is 2.01. The van der Waals surface area contributed by atoms with Gasteiger partial charge in [-0.3, -0.25) is 4.79 Å². The molecule has 0 bridgehead atoms. The molecule has 0 fully saturated rings. The van der Waals surface area contributed by atoms with Crippen molar-refractivity contribution in [1.82, 2.24) is 5.32 Å². The second kappa shape index (κ2) is 6.74. The molecule has 1 aromatic heterocycles. The molecular weight excluding hydrogens is 284 g/mol. The number of rotatable bonds is 6. The zero-order valence-corrected chi connectivity index (χ0v) is 13.2. The van der Waals surface area contributed by atoms with Gasteiger partial charge in [-0.25, -0.2) is 0 Å². The van der Waals surface area contributed by atoms with Crippen LogP contribution in [0.25, 0.3) is 10.1 Å². The molecule has 2 rings (SSSR count). The van der Waals surface area contributed by atoms with Crippen molar-refractivity contribution >= 4 is 33.0 Å². The Kier molecular flexibility index (Phi) is 4.98. The fourth-order valence-corrected chi connectivity index (χ4v) is 3.12. The van der Waals surface area contributed by atoms with Gasteiger partial charge in [-0.1, -0.05) is 30.4 Å². The van der Waals surface area contributed by atoms with Crippen LogP contribution in [0, 0.1) is 6.92 Å². The highest BCUT2D eigenvalue weighted by Crippen LogP contribution is 2.35. The van der Waals surface area contributed by atoms with Crippen LogP contribution < -0.4 is 11.1 Å². The van der Waals surface area contributed by atoms with Crippen molar-refractivity contribution in [2.45, 2.75) is 13.8 Å². The monoisotopic (exact) mass is 304 g/mol. The van der Waals surface area contributed by atoms with E-state index in [1.807, 2.05) is 32.0 Å². The van der Waals surface area contributed by atoms with Crippen molar-refractivity contribution in [3.05, 3.63) is 40.8 Å². The number of anilines is 1. The second-order valence-corrected chi connectivity index (χ2v) is 6.08. The van der Waals surface area contributed by atoms with E-state index in [0.717, 1.165) is 21.2 Å². The molecule has 4 nitrogen and oxygen atoms in total. The number of nitrogens with one attached hydrogen (secondary N) is 1.